The van der Waals surface area contributed by atoms with Crippen molar-refractivity contribution in [1.82, 2.24) is 4.90 Å². The molecular formula is C19H21F3N2O5. The smallest absolute Gasteiger partial charge is 0.416 e. The van der Waals surface area contributed by atoms with Crippen molar-refractivity contribution in [3.63, 3.8) is 0 Å². The topological polar surface area (TPSA) is 84.9 Å². The number of benzene rings is 1. The van der Waals surface area contributed by atoms with Gasteiger partial charge in [-0.1, -0.05) is 6.07 Å². The summed E-state index contributed by atoms with van der Waals surface area (Å²) in [5.74, 6) is -1.31. The standard InChI is InChI=1S/C19H21F3N2O5/c1-17(2,3)29-16(27)24-9-18(8-13(24)14(25)28-4)11-6-5-10(19(20,21)22)7-12(11)23-15(18)26/h5-7,13H,8-9H2,1-4H3,(H,23,26)/t13-,18-/m0/s1. The lowest BCUT2D eigenvalue weighted by atomic mass is 9.79. The third-order valence-electron chi connectivity index (χ3n) is 5.00. The van der Waals surface area contributed by atoms with Gasteiger partial charge in [-0.2, -0.15) is 13.2 Å². The average molecular weight is 414 g/mol. The van der Waals surface area contributed by atoms with E-state index in [2.05, 4.69) is 5.32 Å². The summed E-state index contributed by atoms with van der Waals surface area (Å²) in [6, 6.07) is 1.84. The van der Waals surface area contributed by atoms with Crippen LogP contribution in [0.4, 0.5) is 23.7 Å². The summed E-state index contributed by atoms with van der Waals surface area (Å²) < 4.78 is 49.2. The second-order valence-corrected chi connectivity index (χ2v) is 8.15. The van der Waals surface area contributed by atoms with E-state index in [1.807, 2.05) is 0 Å². The Balaban J connectivity index is 2.02. The fourth-order valence-corrected chi connectivity index (χ4v) is 3.73. The van der Waals surface area contributed by atoms with Gasteiger partial charge in [-0.25, -0.2) is 9.59 Å². The molecule has 1 saturated heterocycles. The number of alkyl halides is 3. The maximum Gasteiger partial charge on any atom is 0.416 e. The van der Waals surface area contributed by atoms with Crippen LogP contribution in [-0.2, 0) is 30.7 Å². The van der Waals surface area contributed by atoms with E-state index in [9.17, 15) is 27.6 Å². The molecule has 0 unspecified atom stereocenters. The fraction of sp³-hybridized carbons (Fsp3) is 0.526. The molecule has 0 aliphatic carbocycles. The molecule has 29 heavy (non-hydrogen) atoms. The van der Waals surface area contributed by atoms with Crippen molar-refractivity contribution in [3.05, 3.63) is 29.3 Å². The van der Waals surface area contributed by atoms with Gasteiger partial charge in [0.05, 0.1) is 18.1 Å². The number of esters is 1. The molecule has 1 fully saturated rings. The summed E-state index contributed by atoms with van der Waals surface area (Å²) in [5.41, 5.74) is -2.80. The Labute approximate surface area is 165 Å². The van der Waals surface area contributed by atoms with Gasteiger partial charge in [0, 0.05) is 12.2 Å². The molecule has 7 nitrogen and oxygen atoms in total. The predicted molar refractivity (Wildman–Crippen MR) is 95.1 cm³/mol. The number of rotatable bonds is 1. The molecule has 0 saturated carbocycles. The van der Waals surface area contributed by atoms with Crippen LogP contribution in [0.1, 0.15) is 38.3 Å². The molecule has 0 radical (unpaired) electrons. The number of methoxy groups -OCH3 is 1. The van der Waals surface area contributed by atoms with Crippen LogP contribution in [0.5, 0.6) is 0 Å². The highest BCUT2D eigenvalue weighted by molar-refractivity contribution is 6.08. The first-order chi connectivity index (χ1) is 13.3. The Kier molecular flexibility index (Phi) is 4.79. The fourth-order valence-electron chi connectivity index (χ4n) is 3.73. The summed E-state index contributed by atoms with van der Waals surface area (Å²) in [5, 5.41) is 2.46. The van der Waals surface area contributed by atoms with Crippen LogP contribution in [0.2, 0.25) is 0 Å². The monoisotopic (exact) mass is 414 g/mol. The van der Waals surface area contributed by atoms with Gasteiger partial charge in [-0.05, 0) is 44.9 Å². The number of carbonyl (C=O) groups is 3. The molecule has 0 bridgehead atoms. The molecule has 0 aromatic heterocycles. The van der Waals surface area contributed by atoms with E-state index in [1.54, 1.807) is 20.8 Å². The van der Waals surface area contributed by atoms with E-state index in [4.69, 9.17) is 9.47 Å². The molecule has 1 N–H and O–H groups in total. The zero-order valence-corrected chi connectivity index (χ0v) is 16.3. The first-order valence-corrected chi connectivity index (χ1v) is 8.89. The maximum absolute atomic E-state index is 13.0. The Morgan fingerprint density at radius 3 is 2.45 bits per heavy atom. The van der Waals surface area contributed by atoms with Gasteiger partial charge in [0.15, 0.2) is 0 Å². The van der Waals surface area contributed by atoms with Gasteiger partial charge in [0.1, 0.15) is 11.6 Å². The number of hydrogen-bond acceptors (Lipinski definition) is 5. The van der Waals surface area contributed by atoms with Crippen molar-refractivity contribution >= 4 is 23.7 Å². The normalized spacial score (nSPS) is 23.8. The minimum atomic E-state index is -4.57. The number of fused-ring (bicyclic) bond motifs is 2. The molecule has 1 spiro atoms. The lowest BCUT2D eigenvalue weighted by Crippen LogP contribution is -2.44. The van der Waals surface area contributed by atoms with Gasteiger partial charge in [-0.3, -0.25) is 9.69 Å². The Morgan fingerprint density at radius 2 is 1.90 bits per heavy atom. The highest BCUT2D eigenvalue weighted by atomic mass is 19.4. The van der Waals surface area contributed by atoms with Crippen LogP contribution in [0, 0.1) is 0 Å². The number of carbonyl (C=O) groups excluding carboxylic acids is 3. The van der Waals surface area contributed by atoms with Crippen LogP contribution in [0.25, 0.3) is 0 Å². The molecule has 2 heterocycles. The minimum absolute atomic E-state index is 0.0134. The van der Waals surface area contributed by atoms with E-state index in [0.717, 1.165) is 24.1 Å². The van der Waals surface area contributed by atoms with Crippen LogP contribution in [-0.4, -0.2) is 48.2 Å². The third kappa shape index (κ3) is 3.63. The highest BCUT2D eigenvalue weighted by Gasteiger charge is 2.58. The number of nitrogens with zero attached hydrogens (tertiary/aromatic N) is 1. The molecule has 1 aromatic rings. The number of hydrogen-bond donors (Lipinski definition) is 1. The molecular weight excluding hydrogens is 393 g/mol. The Morgan fingerprint density at radius 1 is 1.24 bits per heavy atom. The molecule has 2 aliphatic heterocycles. The maximum atomic E-state index is 13.0. The van der Waals surface area contributed by atoms with Crippen LogP contribution in [0.3, 0.4) is 0 Å². The quantitative estimate of drug-likeness (QED) is 0.714. The minimum Gasteiger partial charge on any atom is -0.467 e. The lowest BCUT2D eigenvalue weighted by molar-refractivity contribution is -0.145. The summed E-state index contributed by atoms with van der Waals surface area (Å²) in [6.45, 7) is 4.74. The van der Waals surface area contributed by atoms with E-state index in [0.29, 0.717) is 5.56 Å². The van der Waals surface area contributed by atoms with Crippen LogP contribution < -0.4 is 5.32 Å². The van der Waals surface area contributed by atoms with Crippen molar-refractivity contribution in [1.29, 1.82) is 0 Å². The number of amides is 2. The van der Waals surface area contributed by atoms with E-state index < -0.39 is 46.8 Å². The van der Waals surface area contributed by atoms with Crippen molar-refractivity contribution in [2.24, 2.45) is 0 Å². The van der Waals surface area contributed by atoms with Crippen molar-refractivity contribution in [2.45, 2.75) is 50.4 Å². The number of likely N-dealkylation sites (tertiary alicyclic amines) is 1. The molecule has 10 heteroatoms. The average Bonchev–Trinajstić information content (AvgIpc) is 3.12. The molecule has 158 valence electrons. The van der Waals surface area contributed by atoms with Crippen LogP contribution in [0.15, 0.2) is 18.2 Å². The van der Waals surface area contributed by atoms with Gasteiger partial charge < -0.3 is 14.8 Å². The second kappa shape index (κ2) is 6.64. The number of anilines is 1. The van der Waals surface area contributed by atoms with Gasteiger partial charge in [-0.15, -0.1) is 0 Å². The molecule has 3 rings (SSSR count). The van der Waals surface area contributed by atoms with E-state index in [-0.39, 0.29) is 18.7 Å². The second-order valence-electron chi connectivity index (χ2n) is 8.15. The van der Waals surface area contributed by atoms with Crippen molar-refractivity contribution in [2.75, 3.05) is 19.0 Å². The number of nitrogens with one attached hydrogen (secondary N) is 1. The van der Waals surface area contributed by atoms with Crippen molar-refractivity contribution in [3.8, 4) is 0 Å². The molecule has 2 atom stereocenters. The summed E-state index contributed by atoms with van der Waals surface area (Å²) >= 11 is 0. The highest BCUT2D eigenvalue weighted by Crippen LogP contribution is 2.48. The van der Waals surface area contributed by atoms with Crippen LogP contribution >= 0.6 is 0 Å². The van der Waals surface area contributed by atoms with Gasteiger partial charge >= 0.3 is 18.2 Å². The first kappa shape index (κ1) is 20.9. The Bertz CT molecular complexity index is 878. The van der Waals surface area contributed by atoms with Crippen molar-refractivity contribution < 1.29 is 37.0 Å². The zero-order chi connectivity index (χ0) is 21.8. The van der Waals surface area contributed by atoms with E-state index >= 15 is 0 Å². The molecule has 1 aromatic carbocycles. The zero-order valence-electron chi connectivity index (χ0n) is 16.3. The SMILES string of the molecule is COC(=O)[C@@H]1C[C@@]2(CN1C(=O)OC(C)(C)C)C(=O)Nc1cc(C(F)(F)F)ccc12. The molecule has 2 amide bonds. The first-order valence-electron chi connectivity index (χ1n) is 8.89. The number of halogens is 3. The van der Waals surface area contributed by atoms with Gasteiger partial charge in [0.2, 0.25) is 5.91 Å². The third-order valence-corrected chi connectivity index (χ3v) is 5.00. The largest absolute Gasteiger partial charge is 0.467 e. The van der Waals surface area contributed by atoms with E-state index in [1.165, 1.54) is 6.07 Å². The number of ether oxygens (including phenoxy) is 2. The summed E-state index contributed by atoms with van der Waals surface area (Å²) in [4.78, 5) is 38.8. The Hall–Kier alpha value is -2.78. The summed E-state index contributed by atoms with van der Waals surface area (Å²) in [6.07, 6.45) is -5.50. The molecule has 2 aliphatic rings. The summed E-state index contributed by atoms with van der Waals surface area (Å²) in [7, 11) is 1.15. The lowest BCUT2D eigenvalue weighted by Gasteiger charge is -2.27. The predicted octanol–water partition coefficient (Wildman–Crippen LogP) is 3.08. The van der Waals surface area contributed by atoms with Gasteiger partial charge in [0.25, 0.3) is 0 Å².